The number of hydrogen-bond donors (Lipinski definition) is 3. The van der Waals surface area contributed by atoms with Crippen LogP contribution in [0.5, 0.6) is 0 Å². The van der Waals surface area contributed by atoms with E-state index >= 15 is 0 Å². The molecule has 2 atom stereocenters. The number of amides is 1. The van der Waals surface area contributed by atoms with Crippen LogP contribution in [0.2, 0.25) is 0 Å². The van der Waals surface area contributed by atoms with Gasteiger partial charge in [0.05, 0.1) is 25.4 Å². The molecule has 0 rings (SSSR count). The molecule has 6 nitrogen and oxygen atoms in total. The predicted molar refractivity (Wildman–Crippen MR) is 301 cm³/mol. The van der Waals surface area contributed by atoms with Gasteiger partial charge in [-0.15, -0.1) is 0 Å². The van der Waals surface area contributed by atoms with Crippen molar-refractivity contribution in [3.63, 3.8) is 0 Å². The number of carbonyl (C=O) groups excluding carboxylic acids is 2. The third-order valence-electron chi connectivity index (χ3n) is 14.5. The van der Waals surface area contributed by atoms with Gasteiger partial charge in [-0.1, -0.05) is 295 Å². The Hall–Kier alpha value is -1.66. The third kappa shape index (κ3) is 55.5. The maximum atomic E-state index is 12.4. The van der Waals surface area contributed by atoms with Gasteiger partial charge in [-0.3, -0.25) is 9.59 Å². The van der Waals surface area contributed by atoms with E-state index in [2.05, 4.69) is 31.3 Å². The quantitative estimate of drug-likeness (QED) is 0.0321. The molecule has 0 saturated heterocycles. The van der Waals surface area contributed by atoms with Crippen molar-refractivity contribution >= 4 is 11.9 Å². The summed E-state index contributed by atoms with van der Waals surface area (Å²) in [6.07, 6.45) is 72.3. The second-order valence-electron chi connectivity index (χ2n) is 21.4. The number of allylic oxidation sites excluding steroid dienone is 3. The van der Waals surface area contributed by atoms with Crippen LogP contribution in [0.15, 0.2) is 24.3 Å². The van der Waals surface area contributed by atoms with Gasteiger partial charge in [0.25, 0.3) is 0 Å². The summed E-state index contributed by atoms with van der Waals surface area (Å²) in [6.45, 7) is 4.90. The first-order valence-electron chi connectivity index (χ1n) is 31.1. The lowest BCUT2D eigenvalue weighted by Gasteiger charge is -2.20. The highest BCUT2D eigenvalue weighted by atomic mass is 16.5. The highest BCUT2D eigenvalue weighted by Gasteiger charge is 2.18. The van der Waals surface area contributed by atoms with Crippen LogP contribution < -0.4 is 5.32 Å². The molecule has 3 N–H and O–H groups in total. The summed E-state index contributed by atoms with van der Waals surface area (Å²) in [5.41, 5.74) is 0. The molecule has 0 aliphatic carbocycles. The van der Waals surface area contributed by atoms with Gasteiger partial charge in [-0.05, 0) is 57.8 Å². The summed E-state index contributed by atoms with van der Waals surface area (Å²) < 4.78 is 5.50. The van der Waals surface area contributed by atoms with E-state index in [1.807, 2.05) is 6.08 Å². The topological polar surface area (TPSA) is 95.9 Å². The van der Waals surface area contributed by atoms with Gasteiger partial charge in [0.1, 0.15) is 0 Å². The third-order valence-corrected chi connectivity index (χ3v) is 14.5. The normalized spacial score (nSPS) is 12.7. The monoisotopic (exact) mass is 972 g/mol. The number of rotatable bonds is 58. The molecule has 0 spiro atoms. The van der Waals surface area contributed by atoms with Crippen LogP contribution in [0.3, 0.4) is 0 Å². The highest BCUT2D eigenvalue weighted by molar-refractivity contribution is 5.76. The van der Waals surface area contributed by atoms with Crippen LogP contribution in [0.4, 0.5) is 0 Å². The lowest BCUT2D eigenvalue weighted by atomic mass is 10.0. The maximum absolute atomic E-state index is 12.4. The standard InChI is InChI=1S/C63H121NO5/c1-3-5-7-9-11-13-15-16-17-18-24-28-31-34-37-41-45-49-53-57-63(68)69-58-54-50-46-42-38-35-32-29-26-23-21-19-20-22-25-27-30-33-36-40-44-48-52-56-62(67)64-60(59-65)61(66)55-51-47-43-39-14-12-10-8-6-4-2/h16-17,51,55,60-61,65-66H,3-15,18-50,52-54,56-59H2,1-2H3,(H,64,67)/b17-16-,55-51+. The fraction of sp³-hybridized carbons (Fsp3) is 0.905. The first kappa shape index (κ1) is 67.3. The van der Waals surface area contributed by atoms with Gasteiger partial charge in [0, 0.05) is 12.8 Å². The van der Waals surface area contributed by atoms with Crippen LogP contribution in [0.25, 0.3) is 0 Å². The Morgan fingerprint density at radius 3 is 1.03 bits per heavy atom. The van der Waals surface area contributed by atoms with Crippen LogP contribution in [0, 0.1) is 0 Å². The summed E-state index contributed by atoms with van der Waals surface area (Å²) in [5, 5.41) is 23.0. The number of aliphatic hydroxyl groups is 2. The van der Waals surface area contributed by atoms with E-state index in [9.17, 15) is 19.8 Å². The number of ether oxygens (including phenoxy) is 1. The number of hydrogen-bond acceptors (Lipinski definition) is 5. The molecule has 69 heavy (non-hydrogen) atoms. The largest absolute Gasteiger partial charge is 0.466 e. The maximum Gasteiger partial charge on any atom is 0.305 e. The van der Waals surface area contributed by atoms with Crippen molar-refractivity contribution < 1.29 is 24.5 Å². The fourth-order valence-electron chi connectivity index (χ4n) is 9.69. The van der Waals surface area contributed by atoms with E-state index in [0.29, 0.717) is 19.4 Å². The molecule has 0 saturated carbocycles. The van der Waals surface area contributed by atoms with Gasteiger partial charge in [0.2, 0.25) is 5.91 Å². The summed E-state index contributed by atoms with van der Waals surface area (Å²) >= 11 is 0. The van der Waals surface area contributed by atoms with Gasteiger partial charge >= 0.3 is 5.97 Å². The number of esters is 1. The number of unbranched alkanes of at least 4 members (excludes halogenated alkanes) is 45. The molecule has 0 heterocycles. The molecule has 408 valence electrons. The molecule has 0 aromatic heterocycles. The molecular weight excluding hydrogens is 851 g/mol. The summed E-state index contributed by atoms with van der Waals surface area (Å²) in [5.74, 6) is -0.0548. The molecular formula is C63H121NO5. The highest BCUT2D eigenvalue weighted by Crippen LogP contribution is 2.18. The zero-order chi connectivity index (χ0) is 50.0. The van der Waals surface area contributed by atoms with Gasteiger partial charge in [-0.2, -0.15) is 0 Å². The van der Waals surface area contributed by atoms with E-state index in [0.717, 1.165) is 44.9 Å². The molecule has 0 radical (unpaired) electrons. The lowest BCUT2D eigenvalue weighted by Crippen LogP contribution is -2.45. The van der Waals surface area contributed by atoms with Crippen LogP contribution in [-0.2, 0) is 14.3 Å². The van der Waals surface area contributed by atoms with Crippen molar-refractivity contribution in [2.45, 2.75) is 353 Å². The van der Waals surface area contributed by atoms with Gasteiger partial charge in [-0.25, -0.2) is 0 Å². The fourth-order valence-corrected chi connectivity index (χ4v) is 9.69. The van der Waals surface area contributed by atoms with Crippen LogP contribution in [0.1, 0.15) is 341 Å². The Morgan fingerprint density at radius 1 is 0.391 bits per heavy atom. The zero-order valence-corrected chi connectivity index (χ0v) is 46.6. The van der Waals surface area contributed by atoms with Crippen molar-refractivity contribution in [2.75, 3.05) is 13.2 Å². The Kier molecular flexibility index (Phi) is 57.5. The van der Waals surface area contributed by atoms with E-state index in [1.54, 1.807) is 6.08 Å². The van der Waals surface area contributed by atoms with Crippen LogP contribution >= 0.6 is 0 Å². The Labute approximate surface area is 431 Å². The number of aliphatic hydroxyl groups excluding tert-OH is 2. The smallest absolute Gasteiger partial charge is 0.305 e. The second kappa shape index (κ2) is 58.9. The average molecular weight is 973 g/mol. The lowest BCUT2D eigenvalue weighted by molar-refractivity contribution is -0.143. The molecule has 1 amide bonds. The minimum atomic E-state index is -0.842. The molecule has 0 bridgehead atoms. The van der Waals surface area contributed by atoms with Crippen molar-refractivity contribution in [1.29, 1.82) is 0 Å². The summed E-state index contributed by atoms with van der Waals surface area (Å²) in [7, 11) is 0. The number of nitrogens with one attached hydrogen (secondary N) is 1. The van der Waals surface area contributed by atoms with E-state index in [-0.39, 0.29) is 18.5 Å². The zero-order valence-electron chi connectivity index (χ0n) is 46.6. The summed E-state index contributed by atoms with van der Waals surface area (Å²) in [6, 6.07) is -0.625. The first-order valence-corrected chi connectivity index (χ1v) is 31.1. The van der Waals surface area contributed by atoms with Gasteiger partial charge < -0.3 is 20.3 Å². The molecule has 0 aromatic carbocycles. The van der Waals surface area contributed by atoms with Crippen molar-refractivity contribution in [1.82, 2.24) is 5.32 Å². The average Bonchev–Trinajstić information content (AvgIpc) is 3.35. The molecule has 0 aliphatic heterocycles. The molecule has 0 aliphatic rings. The minimum absolute atomic E-state index is 0.0136. The Balaban J connectivity index is 3.34. The van der Waals surface area contributed by atoms with E-state index in [4.69, 9.17) is 4.74 Å². The molecule has 6 heteroatoms. The van der Waals surface area contributed by atoms with Crippen LogP contribution in [-0.4, -0.2) is 47.4 Å². The molecule has 0 aromatic rings. The summed E-state index contributed by atoms with van der Waals surface area (Å²) in [4.78, 5) is 24.5. The van der Waals surface area contributed by atoms with Gasteiger partial charge in [0.15, 0.2) is 0 Å². The Morgan fingerprint density at radius 2 is 0.681 bits per heavy atom. The minimum Gasteiger partial charge on any atom is -0.466 e. The van der Waals surface area contributed by atoms with Crippen molar-refractivity contribution in [3.05, 3.63) is 24.3 Å². The van der Waals surface area contributed by atoms with E-state index < -0.39 is 12.1 Å². The number of carbonyl (C=O) groups is 2. The second-order valence-corrected chi connectivity index (χ2v) is 21.4. The molecule has 0 fully saturated rings. The van der Waals surface area contributed by atoms with Crippen molar-refractivity contribution in [3.8, 4) is 0 Å². The van der Waals surface area contributed by atoms with E-state index in [1.165, 1.54) is 270 Å². The Bertz CT molecular complexity index is 1080. The molecule has 2 unspecified atom stereocenters. The predicted octanol–water partition coefficient (Wildman–Crippen LogP) is 19.4. The SMILES string of the molecule is CCCCCCCC/C=C\CCCCCCCCCCCC(=O)OCCCCCCCCCCCCCCCCCCCCCCCCCC(=O)NC(CO)C(O)/C=C/CCCCCCCCCC. The van der Waals surface area contributed by atoms with Crippen molar-refractivity contribution in [2.24, 2.45) is 0 Å². The first-order chi connectivity index (χ1) is 34.0.